The van der Waals surface area contributed by atoms with E-state index in [1.54, 1.807) is 24.3 Å². The Morgan fingerprint density at radius 2 is 1.89 bits per heavy atom. The van der Waals surface area contributed by atoms with Crippen molar-refractivity contribution in [3.63, 3.8) is 0 Å². The number of Topliss-reactive ketones (excluding diaryl/α,β-unsaturated/α-hetero) is 1. The zero-order valence-corrected chi connectivity index (χ0v) is 10.3. The van der Waals surface area contributed by atoms with Crippen molar-refractivity contribution in [2.75, 3.05) is 13.2 Å². The van der Waals surface area contributed by atoms with Gasteiger partial charge in [-0.25, -0.2) is 4.39 Å². The summed E-state index contributed by atoms with van der Waals surface area (Å²) >= 11 is 0. The quantitative estimate of drug-likeness (QED) is 0.595. The fraction of sp³-hybridized carbons (Fsp3) is 0.267. The van der Waals surface area contributed by atoms with E-state index in [4.69, 9.17) is 4.74 Å². The van der Waals surface area contributed by atoms with Crippen LogP contribution in [-0.4, -0.2) is 19.0 Å². The van der Waals surface area contributed by atoms with Gasteiger partial charge in [0.25, 0.3) is 0 Å². The Balaban J connectivity index is 2.33. The van der Waals surface area contributed by atoms with Crippen molar-refractivity contribution in [1.82, 2.24) is 0 Å². The highest BCUT2D eigenvalue weighted by Crippen LogP contribution is 2.22. The molecular formula is C15H15FO2. The van der Waals surface area contributed by atoms with Crippen LogP contribution in [0.25, 0.3) is 10.8 Å². The van der Waals surface area contributed by atoms with Crippen LogP contribution in [0.3, 0.4) is 0 Å². The molecule has 0 saturated carbocycles. The largest absolute Gasteiger partial charge is 0.373 e. The number of rotatable bonds is 5. The van der Waals surface area contributed by atoms with Gasteiger partial charge in [0, 0.05) is 17.6 Å². The molecule has 3 heteroatoms. The van der Waals surface area contributed by atoms with Gasteiger partial charge in [0.2, 0.25) is 0 Å². The van der Waals surface area contributed by atoms with Crippen molar-refractivity contribution in [2.45, 2.75) is 13.3 Å². The number of hydrogen-bond acceptors (Lipinski definition) is 2. The first-order valence-electron chi connectivity index (χ1n) is 6.02. The van der Waals surface area contributed by atoms with Crippen molar-refractivity contribution in [3.8, 4) is 0 Å². The monoisotopic (exact) mass is 246 g/mol. The third kappa shape index (κ3) is 2.57. The number of fused-ring (bicyclic) bond motifs is 1. The molecule has 0 unspecified atom stereocenters. The van der Waals surface area contributed by atoms with Gasteiger partial charge in [-0.3, -0.25) is 4.79 Å². The Morgan fingerprint density at radius 1 is 1.17 bits per heavy atom. The highest BCUT2D eigenvalue weighted by molar-refractivity contribution is 6.08. The molecule has 2 nitrogen and oxygen atoms in total. The fourth-order valence-corrected chi connectivity index (χ4v) is 1.89. The smallest absolute Gasteiger partial charge is 0.189 e. The lowest BCUT2D eigenvalue weighted by Gasteiger charge is -2.07. The average Bonchev–Trinajstić information content (AvgIpc) is 2.39. The fourth-order valence-electron chi connectivity index (χ4n) is 1.89. The van der Waals surface area contributed by atoms with Crippen LogP contribution in [0, 0.1) is 5.82 Å². The first-order valence-corrected chi connectivity index (χ1v) is 6.02. The maximum Gasteiger partial charge on any atom is 0.189 e. The van der Waals surface area contributed by atoms with E-state index in [1.807, 2.05) is 6.92 Å². The second kappa shape index (κ2) is 5.74. The standard InChI is InChI=1S/C15H15FO2/c1-2-9-18-10-15(17)13-7-8-14(16)12-6-4-3-5-11(12)13/h3-8H,2,9-10H2,1H3. The van der Waals surface area contributed by atoms with Crippen LogP contribution in [0.2, 0.25) is 0 Å². The van der Waals surface area contributed by atoms with Crippen molar-refractivity contribution in [3.05, 3.63) is 47.8 Å². The molecule has 2 aromatic rings. The predicted molar refractivity (Wildman–Crippen MR) is 69.3 cm³/mol. The Kier molecular flexibility index (Phi) is 4.05. The molecule has 0 amide bonds. The number of hydrogen-bond donors (Lipinski definition) is 0. The summed E-state index contributed by atoms with van der Waals surface area (Å²) in [5, 5.41) is 1.11. The first-order chi connectivity index (χ1) is 8.74. The highest BCUT2D eigenvalue weighted by Gasteiger charge is 2.12. The second-order valence-electron chi connectivity index (χ2n) is 4.12. The van der Waals surface area contributed by atoms with E-state index >= 15 is 0 Å². The minimum Gasteiger partial charge on any atom is -0.373 e. The Bertz CT molecular complexity index is 563. The van der Waals surface area contributed by atoms with Gasteiger partial charge in [0.15, 0.2) is 5.78 Å². The summed E-state index contributed by atoms with van der Waals surface area (Å²) in [4.78, 5) is 12.0. The Labute approximate surface area is 105 Å². The molecule has 94 valence electrons. The molecule has 18 heavy (non-hydrogen) atoms. The molecule has 0 aliphatic rings. The van der Waals surface area contributed by atoms with E-state index in [2.05, 4.69) is 0 Å². The third-order valence-electron chi connectivity index (χ3n) is 2.75. The van der Waals surface area contributed by atoms with Gasteiger partial charge < -0.3 is 4.74 Å². The van der Waals surface area contributed by atoms with Gasteiger partial charge in [0.1, 0.15) is 12.4 Å². The van der Waals surface area contributed by atoms with Crippen molar-refractivity contribution < 1.29 is 13.9 Å². The summed E-state index contributed by atoms with van der Waals surface area (Å²) in [7, 11) is 0. The van der Waals surface area contributed by atoms with Crippen LogP contribution in [0.5, 0.6) is 0 Å². The van der Waals surface area contributed by atoms with Crippen molar-refractivity contribution >= 4 is 16.6 Å². The van der Waals surface area contributed by atoms with Crippen LogP contribution < -0.4 is 0 Å². The minimum absolute atomic E-state index is 0.0451. The molecule has 0 fully saturated rings. The lowest BCUT2D eigenvalue weighted by molar-refractivity contribution is 0.0763. The summed E-state index contributed by atoms with van der Waals surface area (Å²) in [5.74, 6) is -0.420. The van der Waals surface area contributed by atoms with Crippen LogP contribution in [-0.2, 0) is 4.74 Å². The van der Waals surface area contributed by atoms with Gasteiger partial charge in [0.05, 0.1) is 0 Å². The molecule has 0 aliphatic carbocycles. The van der Waals surface area contributed by atoms with Crippen LogP contribution in [0.15, 0.2) is 36.4 Å². The highest BCUT2D eigenvalue weighted by atomic mass is 19.1. The van der Waals surface area contributed by atoms with Gasteiger partial charge in [-0.15, -0.1) is 0 Å². The van der Waals surface area contributed by atoms with E-state index in [0.29, 0.717) is 22.9 Å². The molecule has 0 radical (unpaired) electrons. The van der Waals surface area contributed by atoms with Gasteiger partial charge in [-0.1, -0.05) is 31.2 Å². The molecule has 0 N–H and O–H groups in total. The molecule has 2 rings (SSSR count). The maximum atomic E-state index is 13.6. The SMILES string of the molecule is CCCOCC(=O)c1ccc(F)c2ccccc12. The molecule has 0 atom stereocenters. The van der Waals surface area contributed by atoms with Gasteiger partial charge >= 0.3 is 0 Å². The van der Waals surface area contributed by atoms with Crippen molar-refractivity contribution in [1.29, 1.82) is 0 Å². The van der Waals surface area contributed by atoms with E-state index in [9.17, 15) is 9.18 Å². The van der Waals surface area contributed by atoms with E-state index in [1.165, 1.54) is 12.1 Å². The minimum atomic E-state index is -0.309. The number of benzene rings is 2. The number of halogens is 1. The predicted octanol–water partition coefficient (Wildman–Crippen LogP) is 3.59. The van der Waals surface area contributed by atoms with Gasteiger partial charge in [-0.2, -0.15) is 0 Å². The summed E-state index contributed by atoms with van der Waals surface area (Å²) in [6.07, 6.45) is 0.872. The summed E-state index contributed by atoms with van der Waals surface area (Å²) < 4.78 is 18.8. The first kappa shape index (κ1) is 12.7. The van der Waals surface area contributed by atoms with Crippen molar-refractivity contribution in [2.24, 2.45) is 0 Å². The van der Waals surface area contributed by atoms with E-state index < -0.39 is 0 Å². The number of carbonyl (C=O) groups is 1. The Morgan fingerprint density at radius 3 is 2.61 bits per heavy atom. The third-order valence-corrected chi connectivity index (χ3v) is 2.75. The molecule has 0 heterocycles. The second-order valence-corrected chi connectivity index (χ2v) is 4.12. The Hall–Kier alpha value is -1.74. The van der Waals surface area contributed by atoms with E-state index in [0.717, 1.165) is 6.42 Å². The zero-order chi connectivity index (χ0) is 13.0. The van der Waals surface area contributed by atoms with E-state index in [-0.39, 0.29) is 18.2 Å². The average molecular weight is 246 g/mol. The normalized spacial score (nSPS) is 10.8. The number of ketones is 1. The van der Waals surface area contributed by atoms with Crippen LogP contribution in [0.1, 0.15) is 23.7 Å². The number of ether oxygens (including phenoxy) is 1. The molecule has 0 saturated heterocycles. The molecule has 0 bridgehead atoms. The molecule has 0 aliphatic heterocycles. The molecule has 0 aromatic heterocycles. The van der Waals surface area contributed by atoms with Gasteiger partial charge in [-0.05, 0) is 23.9 Å². The maximum absolute atomic E-state index is 13.6. The zero-order valence-electron chi connectivity index (χ0n) is 10.3. The summed E-state index contributed by atoms with van der Waals surface area (Å²) in [5.41, 5.74) is 0.517. The molecular weight excluding hydrogens is 231 g/mol. The molecule has 0 spiro atoms. The van der Waals surface area contributed by atoms with Crippen LogP contribution >= 0.6 is 0 Å². The van der Waals surface area contributed by atoms with Crippen LogP contribution in [0.4, 0.5) is 4.39 Å². The number of carbonyl (C=O) groups excluding carboxylic acids is 1. The lowest BCUT2D eigenvalue weighted by atomic mass is 10.0. The molecule has 2 aromatic carbocycles. The summed E-state index contributed by atoms with van der Waals surface area (Å²) in [6, 6.07) is 9.84. The summed E-state index contributed by atoms with van der Waals surface area (Å²) in [6.45, 7) is 2.59. The lowest BCUT2D eigenvalue weighted by Crippen LogP contribution is -2.10. The topological polar surface area (TPSA) is 26.3 Å².